The van der Waals surface area contributed by atoms with Crippen molar-refractivity contribution in [3.63, 3.8) is 0 Å². The predicted octanol–water partition coefficient (Wildman–Crippen LogP) is 2.09. The van der Waals surface area contributed by atoms with Crippen LogP contribution in [0, 0.1) is 0 Å². The van der Waals surface area contributed by atoms with E-state index in [1.165, 1.54) is 0 Å². The van der Waals surface area contributed by atoms with Gasteiger partial charge in [0.15, 0.2) is 5.82 Å². The average molecular weight is 264 g/mol. The Bertz CT molecular complexity index is 544. The number of phenols is 1. The second-order valence-corrected chi connectivity index (χ2v) is 4.36. The van der Waals surface area contributed by atoms with Crippen molar-refractivity contribution in [1.82, 2.24) is 9.97 Å². The van der Waals surface area contributed by atoms with Gasteiger partial charge >= 0.3 is 0 Å². The van der Waals surface area contributed by atoms with Crippen LogP contribution in [0.25, 0.3) is 11.4 Å². The van der Waals surface area contributed by atoms with Gasteiger partial charge < -0.3 is 10.8 Å². The lowest BCUT2D eigenvalue weighted by Crippen LogP contribution is -2.01. The predicted molar refractivity (Wildman–Crippen MR) is 71.7 cm³/mol. The van der Waals surface area contributed by atoms with Crippen molar-refractivity contribution in [2.45, 2.75) is 18.4 Å². The molecule has 0 unspecified atom stereocenters. The van der Waals surface area contributed by atoms with Crippen molar-refractivity contribution in [2.75, 3.05) is 0 Å². The number of para-hydroxylation sites is 1. The summed E-state index contributed by atoms with van der Waals surface area (Å²) in [5.41, 5.74) is 7.51. The molecule has 18 heavy (non-hydrogen) atoms. The highest BCUT2D eigenvalue weighted by molar-refractivity contribution is 5.85. The number of nitrogens with zero attached hydrogens (tertiary/aromatic N) is 2. The van der Waals surface area contributed by atoms with Gasteiger partial charge in [-0.3, -0.25) is 0 Å². The summed E-state index contributed by atoms with van der Waals surface area (Å²) >= 11 is 0. The average Bonchev–Trinajstić information content (AvgIpc) is 3.07. The molecule has 0 saturated heterocycles. The minimum absolute atomic E-state index is 0. The minimum atomic E-state index is 0. The zero-order chi connectivity index (χ0) is 11.8. The van der Waals surface area contributed by atoms with Gasteiger partial charge in [-0.25, -0.2) is 9.97 Å². The summed E-state index contributed by atoms with van der Waals surface area (Å²) in [7, 11) is 0. The van der Waals surface area contributed by atoms with Crippen molar-refractivity contribution in [2.24, 2.45) is 5.73 Å². The SMILES string of the molecule is Cl.N[C@H]1C[C@@H]1c1cnc(-c2ccccc2O)nc1. The fourth-order valence-electron chi connectivity index (χ4n) is 1.93. The van der Waals surface area contributed by atoms with E-state index in [0.29, 0.717) is 17.3 Å². The Balaban J connectivity index is 0.00000120. The van der Waals surface area contributed by atoms with Gasteiger partial charge in [-0.05, 0) is 24.1 Å². The maximum absolute atomic E-state index is 9.70. The Morgan fingerprint density at radius 2 is 1.78 bits per heavy atom. The van der Waals surface area contributed by atoms with E-state index in [0.717, 1.165) is 12.0 Å². The van der Waals surface area contributed by atoms with Crippen molar-refractivity contribution < 1.29 is 5.11 Å². The van der Waals surface area contributed by atoms with Gasteiger partial charge in [-0.15, -0.1) is 12.4 Å². The molecule has 0 aliphatic heterocycles. The van der Waals surface area contributed by atoms with Crippen LogP contribution in [0.1, 0.15) is 17.9 Å². The third-order valence-corrected chi connectivity index (χ3v) is 3.08. The number of aromatic nitrogens is 2. The second kappa shape index (κ2) is 4.92. The van der Waals surface area contributed by atoms with Crippen LogP contribution in [0.2, 0.25) is 0 Å². The number of halogens is 1. The summed E-state index contributed by atoms with van der Waals surface area (Å²) in [5, 5.41) is 9.70. The highest BCUT2D eigenvalue weighted by atomic mass is 35.5. The van der Waals surface area contributed by atoms with E-state index in [1.807, 2.05) is 6.07 Å². The second-order valence-electron chi connectivity index (χ2n) is 4.36. The third kappa shape index (κ3) is 2.30. The van der Waals surface area contributed by atoms with E-state index in [4.69, 9.17) is 5.73 Å². The molecule has 1 aromatic heterocycles. The van der Waals surface area contributed by atoms with Crippen LogP contribution >= 0.6 is 12.4 Å². The molecule has 1 aliphatic carbocycles. The molecule has 4 nitrogen and oxygen atoms in total. The molecule has 1 fully saturated rings. The standard InChI is InChI=1S/C13H13N3O.ClH/c14-11-5-10(11)8-6-15-13(16-7-8)9-3-1-2-4-12(9)17;/h1-4,6-7,10-11,17H,5,14H2;1H/t10-,11+;/m1./s1. The fourth-order valence-corrected chi connectivity index (χ4v) is 1.93. The lowest BCUT2D eigenvalue weighted by Gasteiger charge is -2.03. The molecule has 1 heterocycles. The molecule has 5 heteroatoms. The zero-order valence-electron chi connectivity index (χ0n) is 9.65. The summed E-state index contributed by atoms with van der Waals surface area (Å²) in [5.74, 6) is 1.15. The first kappa shape index (κ1) is 12.8. The van der Waals surface area contributed by atoms with E-state index in [-0.39, 0.29) is 24.2 Å². The Morgan fingerprint density at radius 3 is 2.33 bits per heavy atom. The number of nitrogens with two attached hydrogens (primary N) is 1. The first-order valence-corrected chi connectivity index (χ1v) is 5.61. The van der Waals surface area contributed by atoms with E-state index >= 15 is 0 Å². The number of benzene rings is 1. The van der Waals surface area contributed by atoms with Crippen LogP contribution in [0.3, 0.4) is 0 Å². The monoisotopic (exact) mass is 263 g/mol. The normalized spacial score (nSPS) is 21.2. The molecule has 2 aromatic rings. The highest BCUT2D eigenvalue weighted by Crippen LogP contribution is 2.38. The van der Waals surface area contributed by atoms with Crippen LogP contribution in [-0.2, 0) is 0 Å². The summed E-state index contributed by atoms with van der Waals surface area (Å²) in [6, 6.07) is 7.31. The molecule has 1 saturated carbocycles. The van der Waals surface area contributed by atoms with Gasteiger partial charge in [0.25, 0.3) is 0 Å². The molecule has 94 valence electrons. The van der Waals surface area contributed by atoms with Gasteiger partial charge in [0.05, 0.1) is 5.56 Å². The number of rotatable bonds is 2. The molecule has 1 aromatic carbocycles. The van der Waals surface area contributed by atoms with Crippen molar-refractivity contribution in [3.05, 3.63) is 42.2 Å². The molecule has 2 atom stereocenters. The minimum Gasteiger partial charge on any atom is -0.507 e. The molecule has 0 bridgehead atoms. The lowest BCUT2D eigenvalue weighted by molar-refractivity contribution is 0.477. The van der Waals surface area contributed by atoms with E-state index in [9.17, 15) is 5.11 Å². The van der Waals surface area contributed by atoms with E-state index < -0.39 is 0 Å². The zero-order valence-corrected chi connectivity index (χ0v) is 10.5. The number of aromatic hydroxyl groups is 1. The molecular formula is C13H14ClN3O. The van der Waals surface area contributed by atoms with Crippen LogP contribution in [0.4, 0.5) is 0 Å². The quantitative estimate of drug-likeness (QED) is 0.870. The van der Waals surface area contributed by atoms with Crippen molar-refractivity contribution >= 4 is 12.4 Å². The Kier molecular flexibility index (Phi) is 3.50. The summed E-state index contributed by atoms with van der Waals surface area (Å²) < 4.78 is 0. The number of hydrogen-bond donors (Lipinski definition) is 2. The topological polar surface area (TPSA) is 72.0 Å². The van der Waals surface area contributed by atoms with E-state index in [1.54, 1.807) is 30.6 Å². The molecule has 0 radical (unpaired) electrons. The maximum atomic E-state index is 9.70. The van der Waals surface area contributed by atoms with Crippen LogP contribution in [0.15, 0.2) is 36.7 Å². The first-order chi connectivity index (χ1) is 8.25. The van der Waals surface area contributed by atoms with Gasteiger partial charge in [0.1, 0.15) is 5.75 Å². The lowest BCUT2D eigenvalue weighted by atomic mass is 10.1. The van der Waals surface area contributed by atoms with Crippen molar-refractivity contribution in [3.8, 4) is 17.1 Å². The molecule has 1 aliphatic rings. The molecular weight excluding hydrogens is 250 g/mol. The summed E-state index contributed by atoms with van der Waals surface area (Å²) in [6.07, 6.45) is 4.61. The summed E-state index contributed by atoms with van der Waals surface area (Å²) in [6.45, 7) is 0. The molecule has 0 spiro atoms. The smallest absolute Gasteiger partial charge is 0.162 e. The number of hydrogen-bond acceptors (Lipinski definition) is 4. The third-order valence-electron chi connectivity index (χ3n) is 3.08. The maximum Gasteiger partial charge on any atom is 0.162 e. The summed E-state index contributed by atoms with van der Waals surface area (Å²) in [4.78, 5) is 8.56. The van der Waals surface area contributed by atoms with Crippen molar-refractivity contribution in [1.29, 1.82) is 0 Å². The van der Waals surface area contributed by atoms with Crippen LogP contribution < -0.4 is 5.73 Å². The van der Waals surface area contributed by atoms with Gasteiger partial charge in [0, 0.05) is 24.4 Å². The van der Waals surface area contributed by atoms with Crippen LogP contribution in [0.5, 0.6) is 5.75 Å². The van der Waals surface area contributed by atoms with Crippen LogP contribution in [-0.4, -0.2) is 21.1 Å². The number of phenolic OH excluding ortho intramolecular Hbond substituents is 1. The fraction of sp³-hybridized carbons (Fsp3) is 0.231. The molecule has 0 amide bonds. The van der Waals surface area contributed by atoms with Gasteiger partial charge in [-0.2, -0.15) is 0 Å². The Morgan fingerprint density at radius 1 is 1.17 bits per heavy atom. The highest BCUT2D eigenvalue weighted by Gasteiger charge is 2.35. The first-order valence-electron chi connectivity index (χ1n) is 5.61. The molecule has 3 N–H and O–H groups in total. The van der Waals surface area contributed by atoms with E-state index in [2.05, 4.69) is 9.97 Å². The Labute approximate surface area is 111 Å². The largest absolute Gasteiger partial charge is 0.507 e. The van der Waals surface area contributed by atoms with Gasteiger partial charge in [0.2, 0.25) is 0 Å². The Hall–Kier alpha value is -1.65. The van der Waals surface area contributed by atoms with Gasteiger partial charge in [-0.1, -0.05) is 12.1 Å². The molecule has 3 rings (SSSR count).